The molecule has 1 rings (SSSR count). The maximum absolute atomic E-state index is 6.34. The summed E-state index contributed by atoms with van der Waals surface area (Å²) in [5, 5.41) is 4.28. The monoisotopic (exact) mass is 283 g/mol. The lowest BCUT2D eigenvalue weighted by molar-refractivity contribution is 0.416. The Morgan fingerprint density at radius 3 is 2.42 bits per heavy atom. The van der Waals surface area contributed by atoms with Gasteiger partial charge in [-0.2, -0.15) is 0 Å². The lowest BCUT2D eigenvalue weighted by atomic mass is 10.1. The van der Waals surface area contributed by atoms with Gasteiger partial charge in [-0.25, -0.2) is 0 Å². The van der Waals surface area contributed by atoms with Gasteiger partial charge in [0.25, 0.3) is 0 Å². The van der Waals surface area contributed by atoms with Crippen LogP contribution >= 0.6 is 11.6 Å². The van der Waals surface area contributed by atoms with Gasteiger partial charge in [-0.3, -0.25) is 0 Å². The Morgan fingerprint density at radius 1 is 1.16 bits per heavy atom. The van der Waals surface area contributed by atoms with Crippen molar-refractivity contribution >= 4 is 17.3 Å². The molecule has 0 bridgehead atoms. The maximum atomic E-state index is 6.34. The molecule has 19 heavy (non-hydrogen) atoms. The Balaban J connectivity index is 2.83. The van der Waals surface area contributed by atoms with Crippen molar-refractivity contribution in [2.75, 3.05) is 39.1 Å². The zero-order valence-corrected chi connectivity index (χ0v) is 13.5. The van der Waals surface area contributed by atoms with Gasteiger partial charge in [-0.1, -0.05) is 31.5 Å². The minimum absolute atomic E-state index is 0.455. The van der Waals surface area contributed by atoms with E-state index >= 15 is 0 Å². The molecule has 0 atom stereocenters. The molecule has 1 N–H and O–H groups in total. The molecule has 0 aliphatic heterocycles. The largest absolute Gasteiger partial charge is 0.373 e. The smallest absolute Gasteiger partial charge is 0.0471 e. The first-order valence-electron chi connectivity index (χ1n) is 6.78. The number of anilines is 1. The molecule has 108 valence electrons. The van der Waals surface area contributed by atoms with Crippen molar-refractivity contribution in [2.24, 2.45) is 0 Å². The van der Waals surface area contributed by atoms with Crippen LogP contribution in [0.25, 0.3) is 0 Å². The van der Waals surface area contributed by atoms with E-state index in [1.165, 1.54) is 11.3 Å². The first kappa shape index (κ1) is 16.3. The van der Waals surface area contributed by atoms with Gasteiger partial charge in [0.1, 0.15) is 0 Å². The van der Waals surface area contributed by atoms with Crippen LogP contribution in [-0.4, -0.2) is 45.2 Å². The van der Waals surface area contributed by atoms with E-state index in [4.69, 9.17) is 11.6 Å². The number of hydrogen-bond donors (Lipinski definition) is 1. The molecule has 0 aliphatic carbocycles. The summed E-state index contributed by atoms with van der Waals surface area (Å²) in [4.78, 5) is 4.45. The van der Waals surface area contributed by atoms with Crippen LogP contribution < -0.4 is 10.2 Å². The van der Waals surface area contributed by atoms with E-state index in [1.54, 1.807) is 0 Å². The number of rotatable bonds is 7. The SMILES string of the molecule is CC(C)NCc1c(Cl)cccc1N(C)CCN(C)C. The lowest BCUT2D eigenvalue weighted by Crippen LogP contribution is -2.30. The van der Waals surface area contributed by atoms with Crippen LogP contribution in [0.1, 0.15) is 19.4 Å². The van der Waals surface area contributed by atoms with Gasteiger partial charge in [0, 0.05) is 49.0 Å². The average Bonchev–Trinajstić information content (AvgIpc) is 2.33. The van der Waals surface area contributed by atoms with Gasteiger partial charge in [-0.05, 0) is 26.2 Å². The van der Waals surface area contributed by atoms with E-state index in [1.807, 2.05) is 12.1 Å². The molecule has 0 radical (unpaired) electrons. The summed E-state index contributed by atoms with van der Waals surface area (Å²) in [6.45, 7) is 7.11. The normalized spacial score (nSPS) is 11.4. The van der Waals surface area contributed by atoms with Crippen LogP contribution in [0.5, 0.6) is 0 Å². The van der Waals surface area contributed by atoms with Crippen LogP contribution in [0.15, 0.2) is 18.2 Å². The molecular weight excluding hydrogens is 258 g/mol. The van der Waals surface area contributed by atoms with E-state index in [0.717, 1.165) is 24.7 Å². The highest BCUT2D eigenvalue weighted by Crippen LogP contribution is 2.26. The topological polar surface area (TPSA) is 18.5 Å². The summed E-state index contributed by atoms with van der Waals surface area (Å²) in [5.41, 5.74) is 2.39. The minimum Gasteiger partial charge on any atom is -0.373 e. The second-order valence-corrected chi connectivity index (χ2v) is 5.91. The van der Waals surface area contributed by atoms with Gasteiger partial charge in [-0.15, -0.1) is 0 Å². The molecule has 1 aromatic carbocycles. The highest BCUT2D eigenvalue weighted by molar-refractivity contribution is 6.31. The average molecular weight is 284 g/mol. The molecule has 0 amide bonds. The highest BCUT2D eigenvalue weighted by Gasteiger charge is 2.11. The molecule has 0 aliphatic rings. The van der Waals surface area contributed by atoms with E-state index in [2.05, 4.69) is 56.2 Å². The molecule has 1 aromatic rings. The quantitative estimate of drug-likeness (QED) is 0.830. The number of nitrogens with zero attached hydrogens (tertiary/aromatic N) is 2. The third kappa shape index (κ3) is 5.39. The van der Waals surface area contributed by atoms with Crippen molar-refractivity contribution in [3.63, 3.8) is 0 Å². The van der Waals surface area contributed by atoms with Crippen LogP contribution in [0.2, 0.25) is 5.02 Å². The number of benzene rings is 1. The van der Waals surface area contributed by atoms with Gasteiger partial charge in [0.2, 0.25) is 0 Å². The van der Waals surface area contributed by atoms with Crippen molar-refractivity contribution in [3.05, 3.63) is 28.8 Å². The minimum atomic E-state index is 0.455. The summed E-state index contributed by atoms with van der Waals surface area (Å²) in [6, 6.07) is 6.57. The predicted octanol–water partition coefficient (Wildman–Crippen LogP) is 2.84. The van der Waals surface area contributed by atoms with Crippen LogP contribution in [-0.2, 0) is 6.54 Å². The molecular formula is C15H26ClN3. The van der Waals surface area contributed by atoms with E-state index in [0.29, 0.717) is 6.04 Å². The van der Waals surface area contributed by atoms with Crippen molar-refractivity contribution in [1.29, 1.82) is 0 Å². The van der Waals surface area contributed by atoms with Gasteiger partial charge in [0.15, 0.2) is 0 Å². The first-order valence-corrected chi connectivity index (χ1v) is 7.16. The summed E-state index contributed by atoms with van der Waals surface area (Å²) in [7, 11) is 6.30. The third-order valence-electron chi connectivity index (χ3n) is 3.08. The number of hydrogen-bond acceptors (Lipinski definition) is 3. The summed E-state index contributed by atoms with van der Waals surface area (Å²) >= 11 is 6.34. The molecule has 0 unspecified atom stereocenters. The van der Waals surface area contributed by atoms with E-state index < -0.39 is 0 Å². The first-order chi connectivity index (χ1) is 8.91. The second kappa shape index (κ2) is 7.73. The molecule has 0 fully saturated rings. The molecule has 3 nitrogen and oxygen atoms in total. The summed E-state index contributed by atoms with van der Waals surface area (Å²) < 4.78 is 0. The van der Waals surface area contributed by atoms with Crippen LogP contribution in [0.4, 0.5) is 5.69 Å². The predicted molar refractivity (Wildman–Crippen MR) is 85.3 cm³/mol. The fourth-order valence-corrected chi connectivity index (χ4v) is 2.09. The Bertz CT molecular complexity index is 391. The van der Waals surface area contributed by atoms with Crippen LogP contribution in [0, 0.1) is 0 Å². The van der Waals surface area contributed by atoms with Gasteiger partial charge in [0.05, 0.1) is 0 Å². The Hall–Kier alpha value is -0.770. The molecule has 0 saturated heterocycles. The van der Waals surface area contributed by atoms with Crippen LogP contribution in [0.3, 0.4) is 0 Å². The van der Waals surface area contributed by atoms with Crippen molar-refractivity contribution in [2.45, 2.75) is 26.4 Å². The zero-order valence-electron chi connectivity index (χ0n) is 12.7. The Labute approximate surface area is 122 Å². The van der Waals surface area contributed by atoms with Crippen molar-refractivity contribution < 1.29 is 0 Å². The number of halogens is 1. The van der Waals surface area contributed by atoms with Gasteiger partial charge >= 0.3 is 0 Å². The molecule has 4 heteroatoms. The second-order valence-electron chi connectivity index (χ2n) is 5.50. The van der Waals surface area contributed by atoms with Crippen molar-refractivity contribution in [1.82, 2.24) is 10.2 Å². The van der Waals surface area contributed by atoms with E-state index in [9.17, 15) is 0 Å². The Morgan fingerprint density at radius 2 is 1.84 bits per heavy atom. The Kier molecular flexibility index (Phi) is 6.63. The lowest BCUT2D eigenvalue weighted by Gasteiger charge is -2.25. The number of likely N-dealkylation sites (N-methyl/N-ethyl adjacent to an activating group) is 2. The van der Waals surface area contributed by atoms with Gasteiger partial charge < -0.3 is 15.1 Å². The fraction of sp³-hybridized carbons (Fsp3) is 0.600. The molecule has 0 spiro atoms. The number of nitrogens with one attached hydrogen (secondary N) is 1. The molecule has 0 aromatic heterocycles. The maximum Gasteiger partial charge on any atom is 0.0471 e. The fourth-order valence-electron chi connectivity index (χ4n) is 1.86. The molecule has 0 saturated carbocycles. The zero-order chi connectivity index (χ0) is 14.4. The molecule has 0 heterocycles. The van der Waals surface area contributed by atoms with Crippen molar-refractivity contribution in [3.8, 4) is 0 Å². The van der Waals surface area contributed by atoms with E-state index in [-0.39, 0.29) is 0 Å². The third-order valence-corrected chi connectivity index (χ3v) is 3.43. The highest BCUT2D eigenvalue weighted by atomic mass is 35.5. The summed E-state index contributed by atoms with van der Waals surface area (Å²) in [6.07, 6.45) is 0. The standard InChI is InChI=1S/C15H26ClN3/c1-12(2)17-11-13-14(16)7-6-8-15(13)19(5)10-9-18(3)4/h6-8,12,17H,9-11H2,1-5H3. The summed E-state index contributed by atoms with van der Waals surface area (Å²) in [5.74, 6) is 0.